The molecular weight excluding hydrogens is 254 g/mol. The van der Waals surface area contributed by atoms with Crippen molar-refractivity contribution in [3.63, 3.8) is 0 Å². The summed E-state index contributed by atoms with van der Waals surface area (Å²) in [6.45, 7) is 1.85. The maximum atomic E-state index is 11.3. The third-order valence-corrected chi connectivity index (χ3v) is 3.02. The molecule has 0 aliphatic heterocycles. The summed E-state index contributed by atoms with van der Waals surface area (Å²) in [7, 11) is 1.57. The van der Waals surface area contributed by atoms with Gasteiger partial charge in [-0.25, -0.2) is 9.97 Å². The molecule has 0 aliphatic rings. The van der Waals surface area contributed by atoms with Gasteiger partial charge in [0.25, 0.3) is 0 Å². The van der Waals surface area contributed by atoms with Gasteiger partial charge in [0.05, 0.1) is 7.11 Å². The Bertz CT molecular complexity index is 609. The molecule has 1 aromatic heterocycles. The van der Waals surface area contributed by atoms with Crippen LogP contribution in [0.15, 0.2) is 30.6 Å². The van der Waals surface area contributed by atoms with Crippen LogP contribution in [0.1, 0.15) is 27.3 Å². The van der Waals surface area contributed by atoms with Gasteiger partial charge in [-0.05, 0) is 49.1 Å². The number of hydrogen-bond donors (Lipinski definition) is 1. The number of carbonyl (C=O) groups excluding carboxylic acids is 1. The largest absolute Gasteiger partial charge is 0.497 e. The van der Waals surface area contributed by atoms with Crippen LogP contribution in [0.2, 0.25) is 0 Å². The molecule has 1 aromatic carbocycles. The summed E-state index contributed by atoms with van der Waals surface area (Å²) in [5.74, 6) is 0.937. The summed E-state index contributed by atoms with van der Waals surface area (Å²) in [5.41, 5.74) is 7.83. The molecule has 20 heavy (non-hydrogen) atoms. The maximum Gasteiger partial charge on any atom is 0.248 e. The van der Waals surface area contributed by atoms with Crippen molar-refractivity contribution in [2.45, 2.75) is 19.8 Å². The smallest absolute Gasteiger partial charge is 0.248 e. The molecule has 104 valence electrons. The molecule has 1 heterocycles. The first-order valence-electron chi connectivity index (χ1n) is 6.34. The van der Waals surface area contributed by atoms with Crippen LogP contribution in [0.25, 0.3) is 0 Å². The van der Waals surface area contributed by atoms with E-state index in [-0.39, 0.29) is 0 Å². The summed E-state index contributed by atoms with van der Waals surface area (Å²) in [6, 6.07) is 5.34. The Labute approximate surface area is 117 Å². The highest BCUT2D eigenvalue weighted by molar-refractivity contribution is 5.93. The van der Waals surface area contributed by atoms with Crippen LogP contribution >= 0.6 is 0 Å². The lowest BCUT2D eigenvalue weighted by atomic mass is 10.0. The Morgan fingerprint density at radius 3 is 2.40 bits per heavy atom. The van der Waals surface area contributed by atoms with Crippen LogP contribution in [0, 0.1) is 6.92 Å². The Morgan fingerprint density at radius 1 is 1.15 bits per heavy atom. The number of nitrogens with zero attached hydrogens (tertiary/aromatic N) is 2. The lowest BCUT2D eigenvalue weighted by molar-refractivity contribution is 0.1000. The van der Waals surface area contributed by atoms with Gasteiger partial charge in [-0.3, -0.25) is 4.79 Å². The van der Waals surface area contributed by atoms with Gasteiger partial charge in [-0.1, -0.05) is 0 Å². The van der Waals surface area contributed by atoms with Crippen molar-refractivity contribution in [3.8, 4) is 5.75 Å². The van der Waals surface area contributed by atoms with Crippen LogP contribution in [-0.2, 0) is 12.8 Å². The van der Waals surface area contributed by atoms with Gasteiger partial charge in [0.2, 0.25) is 5.91 Å². The second-order valence-corrected chi connectivity index (χ2v) is 4.57. The zero-order valence-electron chi connectivity index (χ0n) is 11.6. The fourth-order valence-corrected chi connectivity index (χ4v) is 1.90. The Balaban J connectivity index is 2.14. The fraction of sp³-hybridized carbons (Fsp3) is 0.267. The van der Waals surface area contributed by atoms with Crippen molar-refractivity contribution >= 4 is 5.91 Å². The molecule has 0 radical (unpaired) electrons. The van der Waals surface area contributed by atoms with Crippen LogP contribution in [0.3, 0.4) is 0 Å². The molecule has 0 bridgehead atoms. The third kappa shape index (κ3) is 3.54. The van der Waals surface area contributed by atoms with Crippen molar-refractivity contribution in [1.29, 1.82) is 0 Å². The molecule has 5 heteroatoms. The number of ether oxygens (including phenoxy) is 1. The molecule has 0 fully saturated rings. The summed E-state index contributed by atoms with van der Waals surface area (Å²) >= 11 is 0. The topological polar surface area (TPSA) is 78.1 Å². The molecule has 0 saturated heterocycles. The van der Waals surface area contributed by atoms with Gasteiger partial charge >= 0.3 is 0 Å². The summed E-state index contributed by atoms with van der Waals surface area (Å²) < 4.78 is 5.18. The molecule has 2 aromatic rings. The highest BCUT2D eigenvalue weighted by atomic mass is 16.5. The predicted octanol–water partition coefficient (Wildman–Crippen LogP) is 1.68. The van der Waals surface area contributed by atoms with Crippen molar-refractivity contribution in [3.05, 3.63) is 53.1 Å². The molecule has 0 spiro atoms. The van der Waals surface area contributed by atoms with E-state index in [0.717, 1.165) is 29.8 Å². The van der Waals surface area contributed by atoms with E-state index < -0.39 is 5.91 Å². The summed E-state index contributed by atoms with van der Waals surface area (Å²) in [4.78, 5) is 19.6. The van der Waals surface area contributed by atoms with E-state index in [0.29, 0.717) is 11.3 Å². The Hall–Kier alpha value is -2.43. The first-order valence-corrected chi connectivity index (χ1v) is 6.34. The Kier molecular flexibility index (Phi) is 4.30. The number of rotatable bonds is 5. The fourth-order valence-electron chi connectivity index (χ4n) is 1.90. The van der Waals surface area contributed by atoms with Crippen molar-refractivity contribution in [1.82, 2.24) is 9.97 Å². The van der Waals surface area contributed by atoms with Crippen molar-refractivity contribution < 1.29 is 9.53 Å². The van der Waals surface area contributed by atoms with Gasteiger partial charge in [0.15, 0.2) is 0 Å². The monoisotopic (exact) mass is 271 g/mol. The van der Waals surface area contributed by atoms with Crippen LogP contribution in [0.4, 0.5) is 0 Å². The van der Waals surface area contributed by atoms with E-state index in [4.69, 9.17) is 10.5 Å². The standard InChI is InChI=1S/C15H17N3O2/c1-10-17-8-12(9-18-10)4-3-11-5-13(15(16)19)7-14(6-11)20-2/h5-9H,3-4H2,1-2H3,(H2,16,19). The number of carbonyl (C=O) groups is 1. The number of hydrogen-bond acceptors (Lipinski definition) is 4. The molecule has 0 unspecified atom stereocenters. The normalized spacial score (nSPS) is 10.3. The number of primary amides is 1. The highest BCUT2D eigenvalue weighted by Gasteiger charge is 2.06. The molecule has 1 amide bonds. The molecule has 2 N–H and O–H groups in total. The number of nitrogens with two attached hydrogens (primary N) is 1. The third-order valence-electron chi connectivity index (χ3n) is 3.02. The molecular formula is C15H17N3O2. The minimum atomic E-state index is -0.455. The number of methoxy groups -OCH3 is 1. The van der Waals surface area contributed by atoms with Crippen molar-refractivity contribution in [2.75, 3.05) is 7.11 Å². The molecule has 0 atom stereocenters. The summed E-state index contributed by atoms with van der Waals surface area (Å²) in [6.07, 6.45) is 5.20. The minimum absolute atomic E-state index is 0.455. The quantitative estimate of drug-likeness (QED) is 0.897. The highest BCUT2D eigenvalue weighted by Crippen LogP contribution is 2.18. The number of aromatic nitrogens is 2. The van der Waals surface area contributed by atoms with E-state index in [2.05, 4.69) is 9.97 Å². The average molecular weight is 271 g/mol. The van der Waals surface area contributed by atoms with Gasteiger partial charge in [0.1, 0.15) is 11.6 Å². The second-order valence-electron chi connectivity index (χ2n) is 4.57. The number of amides is 1. The predicted molar refractivity (Wildman–Crippen MR) is 75.7 cm³/mol. The van der Waals surface area contributed by atoms with E-state index in [1.807, 2.05) is 25.4 Å². The van der Waals surface area contributed by atoms with E-state index >= 15 is 0 Å². The first kappa shape index (κ1) is 14.0. The lowest BCUT2D eigenvalue weighted by Gasteiger charge is -2.07. The first-order chi connectivity index (χ1) is 9.58. The SMILES string of the molecule is COc1cc(CCc2cnc(C)nc2)cc(C(N)=O)c1. The lowest BCUT2D eigenvalue weighted by Crippen LogP contribution is -2.11. The van der Waals surface area contributed by atoms with E-state index in [9.17, 15) is 4.79 Å². The van der Waals surface area contributed by atoms with Crippen LogP contribution in [-0.4, -0.2) is 23.0 Å². The van der Waals surface area contributed by atoms with E-state index in [1.54, 1.807) is 19.2 Å². The number of aryl methyl sites for hydroxylation is 3. The van der Waals surface area contributed by atoms with E-state index in [1.165, 1.54) is 0 Å². The molecule has 2 rings (SSSR count). The zero-order chi connectivity index (χ0) is 14.5. The molecule has 0 aliphatic carbocycles. The maximum absolute atomic E-state index is 11.3. The van der Waals surface area contributed by atoms with Crippen LogP contribution in [0.5, 0.6) is 5.75 Å². The van der Waals surface area contributed by atoms with Gasteiger partial charge < -0.3 is 10.5 Å². The molecule has 5 nitrogen and oxygen atoms in total. The van der Waals surface area contributed by atoms with Crippen LogP contribution < -0.4 is 10.5 Å². The van der Waals surface area contributed by atoms with Gasteiger partial charge in [-0.15, -0.1) is 0 Å². The number of benzene rings is 1. The minimum Gasteiger partial charge on any atom is -0.497 e. The zero-order valence-corrected chi connectivity index (χ0v) is 11.6. The van der Waals surface area contributed by atoms with Gasteiger partial charge in [0, 0.05) is 18.0 Å². The van der Waals surface area contributed by atoms with Crippen molar-refractivity contribution in [2.24, 2.45) is 5.73 Å². The molecule has 0 saturated carbocycles. The Morgan fingerprint density at radius 2 is 1.80 bits per heavy atom. The van der Waals surface area contributed by atoms with Gasteiger partial charge in [-0.2, -0.15) is 0 Å². The second kappa shape index (κ2) is 6.14. The average Bonchev–Trinajstić information content (AvgIpc) is 2.46. The summed E-state index contributed by atoms with van der Waals surface area (Å²) in [5, 5.41) is 0.